The monoisotopic (exact) mass is 278 g/mol. The molecule has 1 aromatic rings. The molecule has 2 rings (SSSR count). The average molecular weight is 278 g/mol. The molecule has 108 valence electrons. The van der Waals surface area contributed by atoms with Crippen LogP contribution >= 0.6 is 0 Å². The van der Waals surface area contributed by atoms with E-state index in [0.29, 0.717) is 37.6 Å². The highest BCUT2D eigenvalue weighted by molar-refractivity contribution is 5.99. The van der Waals surface area contributed by atoms with Crippen molar-refractivity contribution in [1.29, 1.82) is 0 Å². The van der Waals surface area contributed by atoms with Gasteiger partial charge in [-0.1, -0.05) is 17.3 Å². The molecule has 1 aromatic carbocycles. The zero-order chi connectivity index (χ0) is 14.5. The van der Waals surface area contributed by atoms with Crippen LogP contribution in [-0.2, 0) is 4.74 Å². The Morgan fingerprint density at radius 2 is 2.15 bits per heavy atom. The number of carbonyl (C=O) groups is 1. The van der Waals surface area contributed by atoms with Crippen molar-refractivity contribution in [2.45, 2.75) is 6.92 Å². The van der Waals surface area contributed by atoms with E-state index < -0.39 is 0 Å². The zero-order valence-corrected chi connectivity index (χ0v) is 11.3. The molecule has 0 aromatic heterocycles. The Labute approximate surface area is 117 Å². The molecule has 1 aliphatic rings. The van der Waals surface area contributed by atoms with Gasteiger partial charge in [0.25, 0.3) is 0 Å². The van der Waals surface area contributed by atoms with Crippen LogP contribution in [0, 0.1) is 6.92 Å². The fraction of sp³-hybridized carbons (Fsp3) is 0.385. The topological polar surface area (TPSA) is 100 Å². The van der Waals surface area contributed by atoms with Gasteiger partial charge in [-0.05, 0) is 18.6 Å². The van der Waals surface area contributed by atoms with Crippen molar-refractivity contribution in [3.63, 3.8) is 0 Å². The van der Waals surface area contributed by atoms with Crippen LogP contribution in [0.25, 0.3) is 0 Å². The van der Waals surface area contributed by atoms with Gasteiger partial charge in [-0.25, -0.2) is 4.79 Å². The second kappa shape index (κ2) is 6.25. The number of morpholine rings is 1. The van der Waals surface area contributed by atoms with Gasteiger partial charge in [0.1, 0.15) is 0 Å². The van der Waals surface area contributed by atoms with Crippen molar-refractivity contribution < 1.29 is 14.7 Å². The van der Waals surface area contributed by atoms with E-state index in [9.17, 15) is 4.79 Å². The summed E-state index contributed by atoms with van der Waals surface area (Å²) in [7, 11) is 0. The Morgan fingerprint density at radius 1 is 1.45 bits per heavy atom. The maximum atomic E-state index is 12.1. The molecule has 20 heavy (non-hydrogen) atoms. The summed E-state index contributed by atoms with van der Waals surface area (Å²) in [5, 5.41) is 14.5. The number of oxime groups is 1. The number of amides is 2. The molecule has 1 aliphatic heterocycles. The second-order valence-electron chi connectivity index (χ2n) is 4.54. The third kappa shape index (κ3) is 3.18. The smallest absolute Gasteiger partial charge is 0.322 e. The SMILES string of the molecule is Cc1ccc(C(N)=NO)cc1NC(=O)N1CCOCC1. The number of urea groups is 1. The summed E-state index contributed by atoms with van der Waals surface area (Å²) in [5.74, 6) is 0.00636. The van der Waals surface area contributed by atoms with Crippen LogP contribution in [0.4, 0.5) is 10.5 Å². The van der Waals surface area contributed by atoms with Gasteiger partial charge in [-0.2, -0.15) is 0 Å². The second-order valence-corrected chi connectivity index (χ2v) is 4.54. The van der Waals surface area contributed by atoms with Crippen LogP contribution in [0.5, 0.6) is 0 Å². The minimum atomic E-state index is -0.173. The third-order valence-electron chi connectivity index (χ3n) is 3.18. The van der Waals surface area contributed by atoms with E-state index in [2.05, 4.69) is 10.5 Å². The Morgan fingerprint density at radius 3 is 2.80 bits per heavy atom. The van der Waals surface area contributed by atoms with Gasteiger partial charge >= 0.3 is 6.03 Å². The predicted molar refractivity (Wildman–Crippen MR) is 75.1 cm³/mol. The number of ether oxygens (including phenoxy) is 1. The highest BCUT2D eigenvalue weighted by Crippen LogP contribution is 2.17. The number of nitrogens with one attached hydrogen (secondary N) is 1. The first-order valence-electron chi connectivity index (χ1n) is 6.34. The lowest BCUT2D eigenvalue weighted by Crippen LogP contribution is -2.43. The number of aryl methyl sites for hydroxylation is 1. The van der Waals surface area contributed by atoms with Gasteiger partial charge in [-0.15, -0.1) is 0 Å². The molecule has 0 bridgehead atoms. The van der Waals surface area contributed by atoms with Crippen molar-refractivity contribution in [2.75, 3.05) is 31.6 Å². The lowest BCUT2D eigenvalue weighted by molar-refractivity contribution is 0.0564. The summed E-state index contributed by atoms with van der Waals surface area (Å²) in [6, 6.07) is 5.05. The Bertz CT molecular complexity index is 524. The fourth-order valence-corrected chi connectivity index (χ4v) is 1.93. The number of nitrogens with zero attached hydrogens (tertiary/aromatic N) is 2. The summed E-state index contributed by atoms with van der Waals surface area (Å²) < 4.78 is 5.21. The lowest BCUT2D eigenvalue weighted by Gasteiger charge is -2.27. The van der Waals surface area contributed by atoms with Crippen molar-refractivity contribution in [2.24, 2.45) is 10.9 Å². The maximum absolute atomic E-state index is 12.1. The third-order valence-corrected chi connectivity index (χ3v) is 3.18. The quantitative estimate of drug-likeness (QED) is 0.324. The van der Waals surface area contributed by atoms with Gasteiger partial charge in [0.15, 0.2) is 5.84 Å². The number of anilines is 1. The molecule has 0 atom stereocenters. The van der Waals surface area contributed by atoms with Crippen molar-refractivity contribution >= 4 is 17.6 Å². The van der Waals surface area contributed by atoms with Gasteiger partial charge in [0.2, 0.25) is 0 Å². The van der Waals surface area contributed by atoms with Crippen molar-refractivity contribution in [3.05, 3.63) is 29.3 Å². The van der Waals surface area contributed by atoms with E-state index >= 15 is 0 Å². The minimum Gasteiger partial charge on any atom is -0.409 e. The molecule has 1 saturated heterocycles. The summed E-state index contributed by atoms with van der Waals surface area (Å²) in [6.07, 6.45) is 0. The van der Waals surface area contributed by atoms with Crippen molar-refractivity contribution in [1.82, 2.24) is 4.90 Å². The number of amidine groups is 1. The highest BCUT2D eigenvalue weighted by Gasteiger charge is 2.17. The molecular formula is C13H18N4O3. The minimum absolute atomic E-state index is 0.00636. The summed E-state index contributed by atoms with van der Waals surface area (Å²) in [4.78, 5) is 13.8. The van der Waals surface area contributed by atoms with E-state index in [1.807, 2.05) is 13.0 Å². The van der Waals surface area contributed by atoms with Crippen LogP contribution in [0.15, 0.2) is 23.4 Å². The van der Waals surface area contributed by atoms with Crippen LogP contribution in [0.2, 0.25) is 0 Å². The largest absolute Gasteiger partial charge is 0.409 e. The van der Waals surface area contributed by atoms with Crippen LogP contribution in [0.1, 0.15) is 11.1 Å². The number of carbonyl (C=O) groups excluding carboxylic acids is 1. The zero-order valence-electron chi connectivity index (χ0n) is 11.3. The van der Waals surface area contributed by atoms with E-state index in [1.165, 1.54) is 0 Å². The molecule has 4 N–H and O–H groups in total. The first-order chi connectivity index (χ1) is 9.61. The Balaban J connectivity index is 2.13. The lowest BCUT2D eigenvalue weighted by atomic mass is 10.1. The summed E-state index contributed by atoms with van der Waals surface area (Å²) >= 11 is 0. The standard InChI is InChI=1S/C13H18N4O3/c1-9-2-3-10(12(14)16-19)8-11(9)15-13(18)17-4-6-20-7-5-17/h2-3,8,19H,4-7H2,1H3,(H2,14,16)(H,15,18). The first kappa shape index (κ1) is 14.1. The number of hydrogen-bond donors (Lipinski definition) is 3. The fourth-order valence-electron chi connectivity index (χ4n) is 1.93. The molecule has 1 heterocycles. The molecule has 7 heteroatoms. The van der Waals surface area contributed by atoms with Crippen LogP contribution in [-0.4, -0.2) is 48.3 Å². The van der Waals surface area contributed by atoms with E-state index in [0.717, 1.165) is 5.56 Å². The van der Waals surface area contributed by atoms with Gasteiger partial charge in [0.05, 0.1) is 13.2 Å². The molecule has 0 unspecified atom stereocenters. The molecule has 0 spiro atoms. The molecule has 2 amide bonds. The molecule has 7 nitrogen and oxygen atoms in total. The van der Waals surface area contributed by atoms with E-state index in [-0.39, 0.29) is 11.9 Å². The highest BCUT2D eigenvalue weighted by atomic mass is 16.5. The van der Waals surface area contributed by atoms with Gasteiger partial charge in [-0.3, -0.25) is 0 Å². The number of hydrogen-bond acceptors (Lipinski definition) is 4. The van der Waals surface area contributed by atoms with E-state index in [4.69, 9.17) is 15.7 Å². The maximum Gasteiger partial charge on any atom is 0.322 e. The Kier molecular flexibility index (Phi) is 4.41. The molecule has 0 radical (unpaired) electrons. The van der Waals surface area contributed by atoms with Gasteiger partial charge in [0, 0.05) is 24.3 Å². The molecular weight excluding hydrogens is 260 g/mol. The predicted octanol–water partition coefficient (Wildman–Crippen LogP) is 0.954. The van der Waals surface area contributed by atoms with Gasteiger partial charge < -0.3 is 25.9 Å². The average Bonchev–Trinajstić information content (AvgIpc) is 2.49. The number of nitrogens with two attached hydrogens (primary N) is 1. The van der Waals surface area contributed by atoms with Crippen LogP contribution < -0.4 is 11.1 Å². The molecule has 0 saturated carbocycles. The molecule has 0 aliphatic carbocycles. The Hall–Kier alpha value is -2.28. The van der Waals surface area contributed by atoms with Crippen LogP contribution in [0.3, 0.4) is 0 Å². The summed E-state index contributed by atoms with van der Waals surface area (Å²) in [5.41, 5.74) is 7.65. The van der Waals surface area contributed by atoms with Crippen molar-refractivity contribution in [3.8, 4) is 0 Å². The molecule has 1 fully saturated rings. The van der Waals surface area contributed by atoms with E-state index in [1.54, 1.807) is 17.0 Å². The normalized spacial score (nSPS) is 16.1. The summed E-state index contributed by atoms with van der Waals surface area (Å²) in [6.45, 7) is 4.13. The number of benzene rings is 1. The number of rotatable bonds is 2. The first-order valence-corrected chi connectivity index (χ1v) is 6.34.